The van der Waals surface area contributed by atoms with Gasteiger partial charge in [-0.3, -0.25) is 0 Å². The molecule has 3 atom stereocenters. The van der Waals surface area contributed by atoms with E-state index in [1.807, 2.05) is 12.1 Å². The minimum atomic E-state index is -0.183. The van der Waals surface area contributed by atoms with Crippen molar-refractivity contribution in [3.8, 4) is 0 Å². The maximum atomic E-state index is 13.0. The quantitative estimate of drug-likeness (QED) is 0.795. The van der Waals surface area contributed by atoms with Gasteiger partial charge in [-0.1, -0.05) is 23.9 Å². The predicted molar refractivity (Wildman–Crippen MR) is 87.8 cm³/mol. The number of halogens is 1. The normalized spacial score (nSPS) is 27.2. The van der Waals surface area contributed by atoms with Crippen LogP contribution < -0.4 is 0 Å². The first-order valence-electron chi connectivity index (χ1n) is 7.71. The summed E-state index contributed by atoms with van der Waals surface area (Å²) in [7, 11) is 0. The van der Waals surface area contributed by atoms with Gasteiger partial charge in [0.25, 0.3) is 0 Å². The van der Waals surface area contributed by atoms with Gasteiger partial charge in [0.15, 0.2) is 0 Å². The molecule has 3 unspecified atom stereocenters. The van der Waals surface area contributed by atoms with Gasteiger partial charge in [0, 0.05) is 24.8 Å². The van der Waals surface area contributed by atoms with Crippen LogP contribution in [0.5, 0.6) is 0 Å². The SMILES string of the molecule is Fc1ccc(CSc2nsnc2C2CN3CCCC2C3)cc1. The minimum absolute atomic E-state index is 0.183. The standard InChI is InChI=1S/C16H18FN3S2/c17-13-5-3-11(4-6-13)10-21-16-15(18-22-19-16)14-9-20-7-1-2-12(14)8-20/h3-6,12,14H,1-2,7-10H2. The van der Waals surface area contributed by atoms with E-state index in [4.69, 9.17) is 0 Å². The zero-order valence-corrected chi connectivity index (χ0v) is 13.9. The fraction of sp³-hybridized carbons (Fsp3) is 0.500. The maximum Gasteiger partial charge on any atom is 0.134 e. The Morgan fingerprint density at radius 3 is 2.91 bits per heavy atom. The Labute approximate surface area is 138 Å². The van der Waals surface area contributed by atoms with Crippen LogP contribution in [0.4, 0.5) is 4.39 Å². The van der Waals surface area contributed by atoms with Crippen molar-refractivity contribution in [1.82, 2.24) is 13.6 Å². The van der Waals surface area contributed by atoms with E-state index in [9.17, 15) is 4.39 Å². The highest BCUT2D eigenvalue weighted by Crippen LogP contribution is 2.41. The first-order chi connectivity index (χ1) is 10.8. The Morgan fingerprint density at radius 2 is 2.09 bits per heavy atom. The molecule has 0 radical (unpaired) electrons. The van der Waals surface area contributed by atoms with Gasteiger partial charge in [0.1, 0.15) is 10.8 Å². The molecule has 6 heteroatoms. The van der Waals surface area contributed by atoms with Crippen LogP contribution in [0.15, 0.2) is 29.3 Å². The van der Waals surface area contributed by atoms with Gasteiger partial charge >= 0.3 is 0 Å². The zero-order valence-electron chi connectivity index (χ0n) is 12.2. The molecule has 0 saturated carbocycles. The molecule has 3 heterocycles. The van der Waals surface area contributed by atoms with E-state index in [0.717, 1.165) is 28.8 Å². The Bertz CT molecular complexity index is 643. The molecule has 22 heavy (non-hydrogen) atoms. The third kappa shape index (κ3) is 2.92. The van der Waals surface area contributed by atoms with E-state index in [1.54, 1.807) is 11.8 Å². The van der Waals surface area contributed by atoms with Crippen molar-refractivity contribution in [2.75, 3.05) is 19.6 Å². The molecule has 116 valence electrons. The summed E-state index contributed by atoms with van der Waals surface area (Å²) < 4.78 is 22.1. The molecule has 4 rings (SSSR count). The molecule has 2 aliphatic rings. The highest BCUT2D eigenvalue weighted by molar-refractivity contribution is 7.98. The van der Waals surface area contributed by atoms with Crippen LogP contribution in [0.25, 0.3) is 0 Å². The summed E-state index contributed by atoms with van der Waals surface area (Å²) in [6.45, 7) is 3.60. The van der Waals surface area contributed by atoms with Gasteiger partial charge < -0.3 is 4.90 Å². The molecule has 0 spiro atoms. The Morgan fingerprint density at radius 1 is 1.23 bits per heavy atom. The number of aromatic nitrogens is 2. The van der Waals surface area contributed by atoms with Crippen LogP contribution in [0.2, 0.25) is 0 Å². The minimum Gasteiger partial charge on any atom is -0.302 e. The van der Waals surface area contributed by atoms with Crippen molar-refractivity contribution in [3.63, 3.8) is 0 Å². The molecule has 0 amide bonds. The van der Waals surface area contributed by atoms with Crippen LogP contribution >= 0.6 is 23.5 Å². The first kappa shape index (κ1) is 14.6. The third-order valence-electron chi connectivity index (χ3n) is 4.69. The fourth-order valence-corrected chi connectivity index (χ4v) is 5.30. The largest absolute Gasteiger partial charge is 0.302 e. The number of nitrogens with zero attached hydrogens (tertiary/aromatic N) is 3. The second-order valence-corrected chi connectivity index (χ2v) is 7.63. The van der Waals surface area contributed by atoms with E-state index in [2.05, 4.69) is 13.6 Å². The number of benzene rings is 1. The van der Waals surface area contributed by atoms with Crippen molar-refractivity contribution < 1.29 is 4.39 Å². The van der Waals surface area contributed by atoms with E-state index in [-0.39, 0.29) is 5.82 Å². The summed E-state index contributed by atoms with van der Waals surface area (Å²) in [5.41, 5.74) is 2.32. The van der Waals surface area contributed by atoms with Crippen molar-refractivity contribution in [3.05, 3.63) is 41.3 Å². The molecule has 2 fully saturated rings. The molecule has 2 saturated heterocycles. The van der Waals surface area contributed by atoms with E-state index >= 15 is 0 Å². The molecule has 1 aromatic heterocycles. The van der Waals surface area contributed by atoms with Gasteiger partial charge in [0.05, 0.1) is 17.4 Å². The van der Waals surface area contributed by atoms with Crippen molar-refractivity contribution in [2.45, 2.75) is 29.5 Å². The monoisotopic (exact) mass is 335 g/mol. The third-order valence-corrected chi connectivity index (χ3v) is 6.40. The van der Waals surface area contributed by atoms with Gasteiger partial charge in [-0.25, -0.2) is 4.39 Å². The zero-order chi connectivity index (χ0) is 14.9. The summed E-state index contributed by atoms with van der Waals surface area (Å²) in [4.78, 5) is 2.56. The summed E-state index contributed by atoms with van der Waals surface area (Å²) in [5.74, 6) is 1.94. The van der Waals surface area contributed by atoms with Crippen molar-refractivity contribution in [2.24, 2.45) is 5.92 Å². The summed E-state index contributed by atoms with van der Waals surface area (Å²) in [5, 5.41) is 1.08. The summed E-state index contributed by atoms with van der Waals surface area (Å²) in [6, 6.07) is 6.72. The lowest BCUT2D eigenvalue weighted by molar-refractivity contribution is 0.269. The van der Waals surface area contributed by atoms with E-state index in [0.29, 0.717) is 5.92 Å². The summed E-state index contributed by atoms with van der Waals surface area (Å²) >= 11 is 3.05. The number of hydrogen-bond donors (Lipinski definition) is 0. The number of rotatable bonds is 4. The average Bonchev–Trinajstić information content (AvgIpc) is 3.11. The lowest BCUT2D eigenvalue weighted by atomic mass is 9.89. The molecule has 1 aromatic carbocycles. The molecule has 2 bridgehead atoms. The smallest absolute Gasteiger partial charge is 0.134 e. The molecule has 3 nitrogen and oxygen atoms in total. The van der Waals surface area contributed by atoms with Gasteiger partial charge in [-0.15, -0.1) is 0 Å². The van der Waals surface area contributed by atoms with Gasteiger partial charge in [-0.2, -0.15) is 8.75 Å². The van der Waals surface area contributed by atoms with Crippen molar-refractivity contribution in [1.29, 1.82) is 0 Å². The van der Waals surface area contributed by atoms with Crippen molar-refractivity contribution >= 4 is 23.5 Å². The number of piperidine rings is 1. The molecular weight excluding hydrogens is 317 g/mol. The van der Waals surface area contributed by atoms with Crippen LogP contribution in [-0.4, -0.2) is 33.3 Å². The van der Waals surface area contributed by atoms with Gasteiger partial charge in [-0.05, 0) is 43.0 Å². The van der Waals surface area contributed by atoms with Crippen LogP contribution in [-0.2, 0) is 5.75 Å². The molecule has 2 aliphatic heterocycles. The Balaban J connectivity index is 1.47. The predicted octanol–water partition coefficient (Wildman–Crippen LogP) is 3.78. The highest BCUT2D eigenvalue weighted by atomic mass is 32.2. The van der Waals surface area contributed by atoms with E-state index in [1.165, 1.54) is 55.5 Å². The Kier molecular flexibility index (Phi) is 4.15. The van der Waals surface area contributed by atoms with Crippen LogP contribution in [0.1, 0.15) is 30.0 Å². The highest BCUT2D eigenvalue weighted by Gasteiger charge is 2.38. The topological polar surface area (TPSA) is 29.0 Å². The van der Waals surface area contributed by atoms with Crippen LogP contribution in [0, 0.1) is 11.7 Å². The molecule has 2 aromatic rings. The lowest BCUT2D eigenvalue weighted by Gasteiger charge is -2.21. The summed E-state index contributed by atoms with van der Waals surface area (Å²) in [6.07, 6.45) is 2.64. The second kappa shape index (κ2) is 6.26. The number of thioether (sulfide) groups is 1. The van der Waals surface area contributed by atoms with Gasteiger partial charge in [0.2, 0.25) is 0 Å². The Hall–Kier alpha value is -0.980. The second-order valence-electron chi connectivity index (χ2n) is 6.14. The lowest BCUT2D eigenvalue weighted by Crippen LogP contribution is -2.25. The average molecular weight is 335 g/mol. The number of hydrogen-bond acceptors (Lipinski definition) is 5. The number of fused-ring (bicyclic) bond motifs is 2. The fourth-order valence-electron chi connectivity index (χ4n) is 3.57. The van der Waals surface area contributed by atoms with Crippen LogP contribution in [0.3, 0.4) is 0 Å². The molecule has 0 aliphatic carbocycles. The van der Waals surface area contributed by atoms with E-state index < -0.39 is 0 Å². The maximum absolute atomic E-state index is 13.0. The first-order valence-corrected chi connectivity index (χ1v) is 9.43. The molecule has 0 N–H and O–H groups in total. The molecular formula is C16H18FN3S2.